The van der Waals surface area contributed by atoms with Crippen molar-refractivity contribution in [3.63, 3.8) is 0 Å². The topological polar surface area (TPSA) is 25.4 Å². The summed E-state index contributed by atoms with van der Waals surface area (Å²) in [7, 11) is 1.53. The van der Waals surface area contributed by atoms with Gasteiger partial charge < -0.3 is 9.64 Å². The van der Waals surface area contributed by atoms with Crippen LogP contribution in [0.2, 0.25) is 0 Å². The number of pyridine rings is 1. The van der Waals surface area contributed by atoms with Crippen LogP contribution in [0.3, 0.4) is 0 Å². The molecule has 0 N–H and O–H groups in total. The van der Waals surface area contributed by atoms with Crippen LogP contribution in [-0.4, -0.2) is 31.4 Å². The van der Waals surface area contributed by atoms with Gasteiger partial charge in [-0.3, -0.25) is 0 Å². The van der Waals surface area contributed by atoms with Crippen molar-refractivity contribution >= 4 is 5.82 Å². The van der Waals surface area contributed by atoms with E-state index in [2.05, 4.69) is 4.98 Å². The fourth-order valence-electron chi connectivity index (χ4n) is 2.20. The average molecular weight is 260 g/mol. The Morgan fingerprint density at radius 3 is 2.56 bits per heavy atom. The van der Waals surface area contributed by atoms with E-state index in [0.29, 0.717) is 24.7 Å². The fourth-order valence-corrected chi connectivity index (χ4v) is 2.20. The van der Waals surface area contributed by atoms with Gasteiger partial charge in [0.15, 0.2) is 11.6 Å². The predicted octanol–water partition coefficient (Wildman–Crippen LogP) is 2.87. The van der Waals surface area contributed by atoms with E-state index < -0.39 is 12.1 Å². The number of alkyl halides is 3. The first kappa shape index (κ1) is 13.0. The van der Waals surface area contributed by atoms with Gasteiger partial charge >= 0.3 is 6.18 Å². The Hall–Kier alpha value is -1.46. The summed E-state index contributed by atoms with van der Waals surface area (Å²) in [5.74, 6) is 0.0343. The Morgan fingerprint density at radius 1 is 1.33 bits per heavy atom. The van der Waals surface area contributed by atoms with Crippen molar-refractivity contribution in [1.82, 2.24) is 4.98 Å². The van der Waals surface area contributed by atoms with Crippen LogP contribution in [0.4, 0.5) is 19.0 Å². The molecule has 0 bridgehead atoms. The number of methoxy groups -OCH3 is 1. The molecule has 6 heteroatoms. The lowest BCUT2D eigenvalue weighted by molar-refractivity contribution is -0.179. The maximum Gasteiger partial charge on any atom is 0.391 e. The van der Waals surface area contributed by atoms with Crippen LogP contribution in [0.5, 0.6) is 5.75 Å². The third-order valence-corrected chi connectivity index (χ3v) is 3.23. The number of piperidine rings is 1. The average Bonchev–Trinajstić information content (AvgIpc) is 2.38. The van der Waals surface area contributed by atoms with Crippen molar-refractivity contribution in [2.75, 3.05) is 25.1 Å². The van der Waals surface area contributed by atoms with Gasteiger partial charge in [-0.05, 0) is 25.0 Å². The minimum Gasteiger partial charge on any atom is -0.493 e. The van der Waals surface area contributed by atoms with E-state index in [-0.39, 0.29) is 12.8 Å². The van der Waals surface area contributed by atoms with Gasteiger partial charge in [0, 0.05) is 19.3 Å². The fraction of sp³-hybridized carbons (Fsp3) is 0.583. The summed E-state index contributed by atoms with van der Waals surface area (Å²) < 4.78 is 42.8. The minimum atomic E-state index is -4.08. The quantitative estimate of drug-likeness (QED) is 0.817. The second-order valence-electron chi connectivity index (χ2n) is 4.33. The van der Waals surface area contributed by atoms with Crippen LogP contribution in [-0.2, 0) is 0 Å². The molecule has 2 rings (SSSR count). The van der Waals surface area contributed by atoms with Crippen molar-refractivity contribution in [3.8, 4) is 5.75 Å². The van der Waals surface area contributed by atoms with Crippen molar-refractivity contribution in [2.45, 2.75) is 19.0 Å². The molecule has 0 saturated carbocycles. The Labute approximate surface area is 104 Å². The second-order valence-corrected chi connectivity index (χ2v) is 4.33. The molecular weight excluding hydrogens is 245 g/mol. The maximum absolute atomic E-state index is 12.6. The van der Waals surface area contributed by atoms with Gasteiger partial charge in [0.2, 0.25) is 0 Å². The zero-order valence-electron chi connectivity index (χ0n) is 10.1. The molecule has 0 atom stereocenters. The zero-order valence-corrected chi connectivity index (χ0v) is 10.1. The number of nitrogens with zero attached hydrogens (tertiary/aromatic N) is 2. The highest BCUT2D eigenvalue weighted by Gasteiger charge is 2.41. The molecule has 1 aliphatic heterocycles. The minimum absolute atomic E-state index is 0.114. The summed E-state index contributed by atoms with van der Waals surface area (Å²) in [5.41, 5.74) is 0. The third kappa shape index (κ3) is 2.68. The van der Waals surface area contributed by atoms with Gasteiger partial charge in [-0.1, -0.05) is 0 Å². The highest BCUT2D eigenvalue weighted by molar-refractivity contribution is 5.52. The van der Waals surface area contributed by atoms with Gasteiger partial charge in [0.25, 0.3) is 0 Å². The number of hydrogen-bond donors (Lipinski definition) is 0. The Balaban J connectivity index is 2.06. The standard InChI is InChI=1S/C12H15F3N2O/c1-18-10-3-2-6-16-11(10)17-7-4-9(5-8-17)12(13,14)15/h2-3,6,9H,4-5,7-8H2,1H3. The molecule has 1 fully saturated rings. The normalized spacial score (nSPS) is 17.9. The second kappa shape index (κ2) is 5.04. The molecule has 1 aromatic heterocycles. The molecule has 0 radical (unpaired) electrons. The highest BCUT2D eigenvalue weighted by Crippen LogP contribution is 2.36. The molecular formula is C12H15F3N2O. The lowest BCUT2D eigenvalue weighted by atomic mass is 9.96. The summed E-state index contributed by atoms with van der Waals surface area (Å²) in [6, 6.07) is 3.50. The first-order valence-corrected chi connectivity index (χ1v) is 5.83. The summed E-state index contributed by atoms with van der Waals surface area (Å²) >= 11 is 0. The maximum atomic E-state index is 12.6. The first-order chi connectivity index (χ1) is 8.52. The number of halogens is 3. The Bertz CT molecular complexity index is 401. The molecule has 0 aliphatic carbocycles. The molecule has 0 unspecified atom stereocenters. The molecule has 1 aliphatic rings. The first-order valence-electron chi connectivity index (χ1n) is 5.83. The lowest BCUT2D eigenvalue weighted by Gasteiger charge is -2.34. The van der Waals surface area contributed by atoms with E-state index >= 15 is 0 Å². The summed E-state index contributed by atoms with van der Waals surface area (Å²) in [4.78, 5) is 6.03. The molecule has 18 heavy (non-hydrogen) atoms. The molecule has 3 nitrogen and oxygen atoms in total. The van der Waals surface area contributed by atoms with E-state index in [0.717, 1.165) is 0 Å². The van der Waals surface area contributed by atoms with Crippen LogP contribution in [0.15, 0.2) is 18.3 Å². The molecule has 1 saturated heterocycles. The summed E-state index contributed by atoms with van der Waals surface area (Å²) in [5, 5.41) is 0. The molecule has 1 aromatic rings. The number of aromatic nitrogens is 1. The molecule has 0 aromatic carbocycles. The van der Waals surface area contributed by atoms with Gasteiger partial charge in [0.05, 0.1) is 13.0 Å². The Morgan fingerprint density at radius 2 is 2.00 bits per heavy atom. The number of rotatable bonds is 2. The van der Waals surface area contributed by atoms with E-state index in [1.807, 2.05) is 4.90 Å². The number of ether oxygens (including phenoxy) is 1. The van der Waals surface area contributed by atoms with Crippen molar-refractivity contribution in [1.29, 1.82) is 0 Å². The molecule has 100 valence electrons. The van der Waals surface area contributed by atoms with E-state index in [4.69, 9.17) is 4.74 Å². The van der Waals surface area contributed by atoms with Crippen molar-refractivity contribution in [2.24, 2.45) is 5.92 Å². The van der Waals surface area contributed by atoms with Crippen LogP contribution < -0.4 is 9.64 Å². The van der Waals surface area contributed by atoms with E-state index in [1.165, 1.54) is 7.11 Å². The third-order valence-electron chi connectivity index (χ3n) is 3.23. The molecule has 2 heterocycles. The molecule has 0 amide bonds. The van der Waals surface area contributed by atoms with Gasteiger partial charge in [-0.25, -0.2) is 4.98 Å². The summed E-state index contributed by atoms with van der Waals surface area (Å²) in [6.45, 7) is 0.717. The number of anilines is 1. The van der Waals surface area contributed by atoms with E-state index in [1.54, 1.807) is 18.3 Å². The predicted molar refractivity (Wildman–Crippen MR) is 61.8 cm³/mol. The SMILES string of the molecule is COc1cccnc1N1CCC(C(F)(F)F)CC1. The smallest absolute Gasteiger partial charge is 0.391 e. The monoisotopic (exact) mass is 260 g/mol. The van der Waals surface area contributed by atoms with Crippen molar-refractivity contribution < 1.29 is 17.9 Å². The van der Waals surface area contributed by atoms with E-state index in [9.17, 15) is 13.2 Å². The lowest BCUT2D eigenvalue weighted by Crippen LogP contribution is -2.39. The van der Waals surface area contributed by atoms with Gasteiger partial charge in [-0.15, -0.1) is 0 Å². The highest BCUT2D eigenvalue weighted by atomic mass is 19.4. The van der Waals surface area contributed by atoms with Crippen molar-refractivity contribution in [3.05, 3.63) is 18.3 Å². The van der Waals surface area contributed by atoms with Crippen LogP contribution in [0.25, 0.3) is 0 Å². The van der Waals surface area contributed by atoms with Crippen LogP contribution >= 0.6 is 0 Å². The summed E-state index contributed by atoms with van der Waals surface area (Å²) in [6.07, 6.45) is -2.24. The van der Waals surface area contributed by atoms with Gasteiger partial charge in [-0.2, -0.15) is 13.2 Å². The van der Waals surface area contributed by atoms with Crippen LogP contribution in [0.1, 0.15) is 12.8 Å². The molecule has 0 spiro atoms. The largest absolute Gasteiger partial charge is 0.493 e. The zero-order chi connectivity index (χ0) is 13.2. The van der Waals surface area contributed by atoms with Crippen LogP contribution in [0, 0.1) is 5.92 Å². The Kier molecular flexibility index (Phi) is 3.63. The van der Waals surface area contributed by atoms with Gasteiger partial charge in [0.1, 0.15) is 0 Å². The number of hydrogen-bond acceptors (Lipinski definition) is 3.